The van der Waals surface area contributed by atoms with Gasteiger partial charge in [0.25, 0.3) is 0 Å². The number of nitrogens with one attached hydrogen (secondary N) is 1. The van der Waals surface area contributed by atoms with Gasteiger partial charge in [0.15, 0.2) is 0 Å². The van der Waals surface area contributed by atoms with Gasteiger partial charge in [-0.2, -0.15) is 0 Å². The largest absolute Gasteiger partial charge is 0.392 e. The van der Waals surface area contributed by atoms with Gasteiger partial charge in [-0.05, 0) is 43.4 Å². The molecule has 0 unspecified atom stereocenters. The standard InChI is InChI=1S/C17H25N3O3/c21-15-11-16(20(12-15)14-4-9-23-10-5-14)17(22)19-8-3-13-1-6-18-7-2-13/h1-2,6-7,14-16,21H,3-5,8-12H2,(H,19,22)/t15-,16+/m1/s1. The molecular formula is C17H25N3O3. The molecule has 2 aliphatic rings. The van der Waals surface area contributed by atoms with Crippen molar-refractivity contribution in [2.24, 2.45) is 0 Å². The molecule has 6 heteroatoms. The fourth-order valence-corrected chi connectivity index (χ4v) is 3.51. The summed E-state index contributed by atoms with van der Waals surface area (Å²) in [7, 11) is 0. The van der Waals surface area contributed by atoms with Crippen molar-refractivity contribution in [3.8, 4) is 0 Å². The molecule has 1 amide bonds. The van der Waals surface area contributed by atoms with Crippen LogP contribution >= 0.6 is 0 Å². The molecule has 23 heavy (non-hydrogen) atoms. The Morgan fingerprint density at radius 3 is 2.83 bits per heavy atom. The Hall–Kier alpha value is -1.50. The van der Waals surface area contributed by atoms with Crippen LogP contribution < -0.4 is 5.32 Å². The summed E-state index contributed by atoms with van der Waals surface area (Å²) in [6, 6.07) is 4.04. The minimum absolute atomic E-state index is 0.0297. The van der Waals surface area contributed by atoms with E-state index in [1.165, 1.54) is 0 Å². The van der Waals surface area contributed by atoms with E-state index in [9.17, 15) is 9.90 Å². The quantitative estimate of drug-likeness (QED) is 0.819. The lowest BCUT2D eigenvalue weighted by Gasteiger charge is -2.34. The first kappa shape index (κ1) is 16.4. The van der Waals surface area contributed by atoms with Crippen molar-refractivity contribution in [3.63, 3.8) is 0 Å². The van der Waals surface area contributed by atoms with Gasteiger partial charge >= 0.3 is 0 Å². The van der Waals surface area contributed by atoms with Gasteiger partial charge in [-0.25, -0.2) is 0 Å². The number of carbonyl (C=O) groups excluding carboxylic acids is 1. The Morgan fingerprint density at radius 2 is 2.09 bits per heavy atom. The summed E-state index contributed by atoms with van der Waals surface area (Å²) in [6.45, 7) is 2.69. The third kappa shape index (κ3) is 4.28. The van der Waals surface area contributed by atoms with Gasteiger partial charge in [-0.1, -0.05) is 0 Å². The van der Waals surface area contributed by atoms with E-state index >= 15 is 0 Å². The Bertz CT molecular complexity index is 505. The van der Waals surface area contributed by atoms with Crippen LogP contribution in [0.2, 0.25) is 0 Å². The first-order chi connectivity index (χ1) is 11.2. The van der Waals surface area contributed by atoms with E-state index in [0.29, 0.717) is 25.6 Å². The zero-order chi connectivity index (χ0) is 16.1. The molecule has 3 rings (SSSR count). The second kappa shape index (κ2) is 7.86. The molecule has 2 saturated heterocycles. The highest BCUT2D eigenvalue weighted by atomic mass is 16.5. The lowest BCUT2D eigenvalue weighted by molar-refractivity contribution is -0.126. The summed E-state index contributed by atoms with van der Waals surface area (Å²) < 4.78 is 5.40. The topological polar surface area (TPSA) is 74.7 Å². The molecule has 2 aliphatic heterocycles. The molecule has 3 heterocycles. The van der Waals surface area contributed by atoms with Crippen LogP contribution in [-0.2, 0) is 16.0 Å². The van der Waals surface area contributed by atoms with E-state index in [1.807, 2.05) is 12.1 Å². The average Bonchev–Trinajstić information content (AvgIpc) is 2.98. The zero-order valence-electron chi connectivity index (χ0n) is 13.4. The fourth-order valence-electron chi connectivity index (χ4n) is 3.51. The minimum Gasteiger partial charge on any atom is -0.392 e. The molecule has 2 N–H and O–H groups in total. The van der Waals surface area contributed by atoms with Gasteiger partial charge in [0.2, 0.25) is 5.91 Å². The van der Waals surface area contributed by atoms with Crippen LogP contribution in [0.25, 0.3) is 0 Å². The van der Waals surface area contributed by atoms with Crippen molar-refractivity contribution in [1.29, 1.82) is 0 Å². The number of hydrogen-bond acceptors (Lipinski definition) is 5. The number of rotatable bonds is 5. The molecule has 0 aliphatic carbocycles. The number of β-amino-alcohol motifs (C(OH)–C–C–N with tert-alkyl or cyclic N) is 1. The number of amides is 1. The highest BCUT2D eigenvalue weighted by Crippen LogP contribution is 2.25. The second-order valence-corrected chi connectivity index (χ2v) is 6.34. The van der Waals surface area contributed by atoms with E-state index in [-0.39, 0.29) is 11.9 Å². The van der Waals surface area contributed by atoms with Gasteiger partial charge < -0.3 is 15.2 Å². The van der Waals surface area contributed by atoms with Crippen LogP contribution in [0.1, 0.15) is 24.8 Å². The maximum Gasteiger partial charge on any atom is 0.237 e. The smallest absolute Gasteiger partial charge is 0.237 e. The SMILES string of the molecule is O=C(NCCc1ccncc1)[C@@H]1C[C@@H](O)CN1C1CCOCC1. The van der Waals surface area contributed by atoms with Crippen molar-refractivity contribution in [3.05, 3.63) is 30.1 Å². The Kier molecular flexibility index (Phi) is 5.59. The normalized spacial score (nSPS) is 26.3. The zero-order valence-corrected chi connectivity index (χ0v) is 13.4. The van der Waals surface area contributed by atoms with Crippen LogP contribution in [0.4, 0.5) is 0 Å². The number of aliphatic hydroxyl groups excluding tert-OH is 1. The molecule has 6 nitrogen and oxygen atoms in total. The minimum atomic E-state index is -0.409. The summed E-state index contributed by atoms with van der Waals surface area (Å²) in [5.74, 6) is 0.0297. The lowest BCUT2D eigenvalue weighted by atomic mass is 10.1. The van der Waals surface area contributed by atoms with Gasteiger partial charge in [-0.15, -0.1) is 0 Å². The monoisotopic (exact) mass is 319 g/mol. The third-order valence-corrected chi connectivity index (χ3v) is 4.74. The Morgan fingerprint density at radius 1 is 1.35 bits per heavy atom. The van der Waals surface area contributed by atoms with Crippen molar-refractivity contribution in [1.82, 2.24) is 15.2 Å². The van der Waals surface area contributed by atoms with E-state index in [2.05, 4.69) is 15.2 Å². The lowest BCUT2D eigenvalue weighted by Crippen LogP contribution is -2.49. The van der Waals surface area contributed by atoms with Crippen LogP contribution in [0, 0.1) is 0 Å². The number of nitrogens with zero attached hydrogens (tertiary/aromatic N) is 2. The van der Waals surface area contributed by atoms with Crippen molar-refractivity contribution < 1.29 is 14.6 Å². The molecule has 1 aromatic heterocycles. The summed E-state index contributed by atoms with van der Waals surface area (Å²) in [4.78, 5) is 18.7. The first-order valence-corrected chi connectivity index (χ1v) is 8.42. The Balaban J connectivity index is 1.52. The molecule has 0 aromatic carbocycles. The van der Waals surface area contributed by atoms with E-state index in [4.69, 9.17) is 4.74 Å². The molecule has 2 atom stereocenters. The van der Waals surface area contributed by atoms with Crippen molar-refractivity contribution >= 4 is 5.91 Å². The molecule has 0 radical (unpaired) electrons. The summed E-state index contributed by atoms with van der Waals surface area (Å²) in [5.41, 5.74) is 1.16. The maximum atomic E-state index is 12.5. The molecule has 126 valence electrons. The number of aliphatic hydroxyl groups is 1. The van der Waals surface area contributed by atoms with Gasteiger partial charge in [0.05, 0.1) is 12.1 Å². The number of pyridine rings is 1. The average molecular weight is 319 g/mol. The predicted octanol–water partition coefficient (Wildman–Crippen LogP) is 0.354. The number of likely N-dealkylation sites (tertiary alicyclic amines) is 1. The third-order valence-electron chi connectivity index (χ3n) is 4.74. The molecule has 2 fully saturated rings. The first-order valence-electron chi connectivity index (χ1n) is 8.42. The van der Waals surface area contributed by atoms with Crippen LogP contribution in [0.15, 0.2) is 24.5 Å². The summed E-state index contributed by atoms with van der Waals surface area (Å²) in [5, 5.41) is 13.0. The highest BCUT2D eigenvalue weighted by Gasteiger charge is 2.39. The summed E-state index contributed by atoms with van der Waals surface area (Å²) >= 11 is 0. The Labute approximate surface area is 136 Å². The molecule has 0 spiro atoms. The predicted molar refractivity (Wildman–Crippen MR) is 85.9 cm³/mol. The van der Waals surface area contributed by atoms with E-state index in [1.54, 1.807) is 12.4 Å². The maximum absolute atomic E-state index is 12.5. The van der Waals surface area contributed by atoms with Gasteiger partial charge in [0.1, 0.15) is 0 Å². The number of hydrogen-bond donors (Lipinski definition) is 2. The fraction of sp³-hybridized carbons (Fsp3) is 0.647. The van der Waals surface area contributed by atoms with Gasteiger partial charge in [-0.3, -0.25) is 14.7 Å². The van der Waals surface area contributed by atoms with Crippen molar-refractivity contribution in [2.75, 3.05) is 26.3 Å². The second-order valence-electron chi connectivity index (χ2n) is 6.34. The van der Waals surface area contributed by atoms with Crippen LogP contribution in [-0.4, -0.2) is 65.4 Å². The van der Waals surface area contributed by atoms with Crippen LogP contribution in [0.5, 0.6) is 0 Å². The molecule has 0 saturated carbocycles. The molecule has 0 bridgehead atoms. The number of aromatic nitrogens is 1. The molecule has 1 aromatic rings. The van der Waals surface area contributed by atoms with Gasteiger partial charge in [0, 0.05) is 44.7 Å². The highest BCUT2D eigenvalue weighted by molar-refractivity contribution is 5.82. The summed E-state index contributed by atoms with van der Waals surface area (Å²) in [6.07, 6.45) is 6.31. The number of ether oxygens (including phenoxy) is 1. The van der Waals surface area contributed by atoms with Crippen molar-refractivity contribution in [2.45, 2.75) is 43.9 Å². The number of carbonyl (C=O) groups is 1. The van der Waals surface area contributed by atoms with Crippen LogP contribution in [0.3, 0.4) is 0 Å². The molecular weight excluding hydrogens is 294 g/mol. The van der Waals surface area contributed by atoms with E-state index in [0.717, 1.165) is 38.0 Å². The van der Waals surface area contributed by atoms with E-state index < -0.39 is 6.10 Å².